The van der Waals surface area contributed by atoms with Crippen LogP contribution in [0.1, 0.15) is 32.3 Å². The Bertz CT molecular complexity index is 460. The molecule has 0 radical (unpaired) electrons. The fourth-order valence-electron chi connectivity index (χ4n) is 3.59. The lowest BCUT2D eigenvalue weighted by Gasteiger charge is -2.47. The van der Waals surface area contributed by atoms with E-state index in [9.17, 15) is 0 Å². The molecule has 1 heterocycles. The fraction of sp³-hybridized carbons (Fsp3) is 0.667. The third kappa shape index (κ3) is 3.31. The molecule has 1 aromatic carbocycles. The molecule has 2 aliphatic rings. The number of methoxy groups -OCH3 is 1. The maximum Gasteiger partial charge on any atom is 0.0670 e. The average Bonchev–Trinajstić information content (AvgIpc) is 3.33. The summed E-state index contributed by atoms with van der Waals surface area (Å²) in [6, 6.07) is 11.5. The zero-order chi connectivity index (χ0) is 14.9. The standard InChI is InChI=1S/C18H28N2O/c1-14(21-3)12-20-13-18(2,16-7-5-4-6-8-16)19-11-17(20)15-9-10-15/h4-8,14-15,17,19H,9-13H2,1-3H3. The van der Waals surface area contributed by atoms with E-state index in [1.165, 1.54) is 18.4 Å². The van der Waals surface area contributed by atoms with Gasteiger partial charge in [-0.05, 0) is 38.2 Å². The molecule has 116 valence electrons. The minimum Gasteiger partial charge on any atom is -0.380 e. The fourth-order valence-corrected chi connectivity index (χ4v) is 3.59. The Morgan fingerprint density at radius 1 is 1.33 bits per heavy atom. The summed E-state index contributed by atoms with van der Waals surface area (Å²) in [5.74, 6) is 0.891. The van der Waals surface area contributed by atoms with Gasteiger partial charge in [-0.3, -0.25) is 4.90 Å². The van der Waals surface area contributed by atoms with Gasteiger partial charge < -0.3 is 10.1 Å². The summed E-state index contributed by atoms with van der Waals surface area (Å²) < 4.78 is 5.51. The molecule has 3 rings (SSSR count). The van der Waals surface area contributed by atoms with Gasteiger partial charge in [0.1, 0.15) is 0 Å². The average molecular weight is 288 g/mol. The third-order valence-electron chi connectivity index (χ3n) is 5.16. The van der Waals surface area contributed by atoms with Crippen LogP contribution in [0.4, 0.5) is 0 Å². The van der Waals surface area contributed by atoms with Gasteiger partial charge in [-0.1, -0.05) is 30.3 Å². The van der Waals surface area contributed by atoms with E-state index in [2.05, 4.69) is 54.4 Å². The Labute approximate surface area is 128 Å². The number of ether oxygens (including phenoxy) is 1. The number of benzene rings is 1. The molecule has 3 unspecified atom stereocenters. The number of nitrogens with one attached hydrogen (secondary N) is 1. The highest BCUT2D eigenvalue weighted by molar-refractivity contribution is 5.25. The van der Waals surface area contributed by atoms with Crippen LogP contribution in [0.3, 0.4) is 0 Å². The number of hydrogen-bond acceptors (Lipinski definition) is 3. The molecule has 3 nitrogen and oxygen atoms in total. The number of rotatable bonds is 5. The van der Waals surface area contributed by atoms with Gasteiger partial charge in [0.15, 0.2) is 0 Å². The summed E-state index contributed by atoms with van der Waals surface area (Å²) in [6.07, 6.45) is 3.09. The van der Waals surface area contributed by atoms with Crippen LogP contribution in [0.25, 0.3) is 0 Å². The van der Waals surface area contributed by atoms with Crippen LogP contribution >= 0.6 is 0 Å². The highest BCUT2D eigenvalue weighted by Gasteiger charge is 2.43. The predicted molar refractivity (Wildman–Crippen MR) is 86.4 cm³/mol. The van der Waals surface area contributed by atoms with Gasteiger partial charge in [-0.25, -0.2) is 0 Å². The Kier molecular flexibility index (Phi) is 4.34. The van der Waals surface area contributed by atoms with Gasteiger partial charge in [0.25, 0.3) is 0 Å². The number of piperazine rings is 1. The number of hydrogen-bond donors (Lipinski definition) is 1. The molecule has 1 aliphatic heterocycles. The van der Waals surface area contributed by atoms with E-state index < -0.39 is 0 Å². The van der Waals surface area contributed by atoms with Crippen molar-refractivity contribution in [1.29, 1.82) is 0 Å². The second-order valence-corrected chi connectivity index (χ2v) is 6.96. The van der Waals surface area contributed by atoms with Gasteiger partial charge in [-0.2, -0.15) is 0 Å². The SMILES string of the molecule is COC(C)CN1CC(C)(c2ccccc2)NCC1C1CC1. The van der Waals surface area contributed by atoms with Crippen molar-refractivity contribution in [2.45, 2.75) is 44.4 Å². The molecule has 3 atom stereocenters. The van der Waals surface area contributed by atoms with Gasteiger partial charge in [0.2, 0.25) is 0 Å². The first-order chi connectivity index (χ1) is 10.1. The van der Waals surface area contributed by atoms with E-state index in [4.69, 9.17) is 4.74 Å². The van der Waals surface area contributed by atoms with E-state index in [-0.39, 0.29) is 5.54 Å². The highest BCUT2D eigenvalue weighted by atomic mass is 16.5. The Hall–Kier alpha value is -0.900. The van der Waals surface area contributed by atoms with Crippen LogP contribution in [0.2, 0.25) is 0 Å². The first-order valence-corrected chi connectivity index (χ1v) is 8.20. The minimum absolute atomic E-state index is 0.0418. The maximum absolute atomic E-state index is 5.51. The second kappa shape index (κ2) is 6.07. The number of nitrogens with zero attached hydrogens (tertiary/aromatic N) is 1. The molecule has 0 spiro atoms. The lowest BCUT2D eigenvalue weighted by Crippen LogP contribution is -2.62. The van der Waals surface area contributed by atoms with Gasteiger partial charge in [0, 0.05) is 32.8 Å². The lowest BCUT2D eigenvalue weighted by atomic mass is 9.87. The Balaban J connectivity index is 1.77. The summed E-state index contributed by atoms with van der Waals surface area (Å²) >= 11 is 0. The molecule has 1 saturated carbocycles. The van der Waals surface area contributed by atoms with Crippen LogP contribution in [0, 0.1) is 5.92 Å². The molecule has 1 N–H and O–H groups in total. The molecule has 21 heavy (non-hydrogen) atoms. The zero-order valence-corrected chi connectivity index (χ0v) is 13.5. The highest BCUT2D eigenvalue weighted by Crippen LogP contribution is 2.38. The van der Waals surface area contributed by atoms with E-state index in [0.29, 0.717) is 12.1 Å². The van der Waals surface area contributed by atoms with Crippen LogP contribution in [0.15, 0.2) is 30.3 Å². The van der Waals surface area contributed by atoms with Crippen LogP contribution in [0.5, 0.6) is 0 Å². The monoisotopic (exact) mass is 288 g/mol. The van der Waals surface area contributed by atoms with Crippen LogP contribution in [-0.2, 0) is 10.3 Å². The summed E-state index contributed by atoms with van der Waals surface area (Å²) in [6.45, 7) is 7.68. The minimum atomic E-state index is 0.0418. The van der Waals surface area contributed by atoms with Crippen molar-refractivity contribution in [3.63, 3.8) is 0 Å². The van der Waals surface area contributed by atoms with Gasteiger partial charge in [0.05, 0.1) is 11.6 Å². The van der Waals surface area contributed by atoms with Crippen LogP contribution < -0.4 is 5.32 Å². The summed E-state index contributed by atoms with van der Waals surface area (Å²) in [4.78, 5) is 2.66. The van der Waals surface area contributed by atoms with E-state index in [1.54, 1.807) is 0 Å². The summed E-state index contributed by atoms with van der Waals surface area (Å²) in [7, 11) is 1.81. The molecule has 0 bridgehead atoms. The smallest absolute Gasteiger partial charge is 0.0670 e. The van der Waals surface area contributed by atoms with E-state index >= 15 is 0 Å². The molecule has 0 aromatic heterocycles. The second-order valence-electron chi connectivity index (χ2n) is 6.96. The zero-order valence-electron chi connectivity index (χ0n) is 13.5. The normalized spacial score (nSPS) is 32.0. The van der Waals surface area contributed by atoms with Crippen molar-refractivity contribution < 1.29 is 4.74 Å². The van der Waals surface area contributed by atoms with Crippen molar-refractivity contribution in [1.82, 2.24) is 10.2 Å². The summed E-state index contributed by atoms with van der Waals surface area (Å²) in [5.41, 5.74) is 1.43. The quantitative estimate of drug-likeness (QED) is 0.901. The molecular formula is C18H28N2O. The first kappa shape index (κ1) is 15.0. The van der Waals surface area contributed by atoms with Crippen molar-refractivity contribution in [2.24, 2.45) is 5.92 Å². The Morgan fingerprint density at radius 2 is 2.05 bits per heavy atom. The van der Waals surface area contributed by atoms with E-state index in [0.717, 1.165) is 25.6 Å². The molecule has 0 amide bonds. The molecule has 1 saturated heterocycles. The van der Waals surface area contributed by atoms with Crippen molar-refractivity contribution >= 4 is 0 Å². The van der Waals surface area contributed by atoms with E-state index in [1.807, 2.05) is 7.11 Å². The first-order valence-electron chi connectivity index (χ1n) is 8.20. The van der Waals surface area contributed by atoms with Crippen molar-refractivity contribution in [2.75, 3.05) is 26.7 Å². The maximum atomic E-state index is 5.51. The predicted octanol–water partition coefficient (Wildman–Crippen LogP) is 2.62. The topological polar surface area (TPSA) is 24.5 Å². The summed E-state index contributed by atoms with van der Waals surface area (Å²) in [5, 5.41) is 3.82. The van der Waals surface area contributed by atoms with Gasteiger partial charge >= 0.3 is 0 Å². The molecule has 1 aromatic rings. The molecule has 3 heteroatoms. The Morgan fingerprint density at radius 3 is 2.67 bits per heavy atom. The van der Waals surface area contributed by atoms with Crippen molar-refractivity contribution in [3.05, 3.63) is 35.9 Å². The largest absolute Gasteiger partial charge is 0.380 e. The van der Waals surface area contributed by atoms with Crippen molar-refractivity contribution in [3.8, 4) is 0 Å². The molecule has 2 fully saturated rings. The lowest BCUT2D eigenvalue weighted by molar-refractivity contribution is 0.0167. The van der Waals surface area contributed by atoms with Gasteiger partial charge in [-0.15, -0.1) is 0 Å². The third-order valence-corrected chi connectivity index (χ3v) is 5.16. The van der Waals surface area contributed by atoms with Crippen LogP contribution in [-0.4, -0.2) is 43.8 Å². The molecular weight excluding hydrogens is 260 g/mol. The molecule has 1 aliphatic carbocycles.